The van der Waals surface area contributed by atoms with Crippen molar-refractivity contribution in [3.8, 4) is 5.75 Å². The van der Waals surface area contributed by atoms with E-state index in [2.05, 4.69) is 29.1 Å². The van der Waals surface area contributed by atoms with Gasteiger partial charge < -0.3 is 10.1 Å². The summed E-state index contributed by atoms with van der Waals surface area (Å²) >= 11 is 0. The second-order valence-electron chi connectivity index (χ2n) is 5.31. The van der Waals surface area contributed by atoms with E-state index in [0.717, 1.165) is 18.4 Å². The van der Waals surface area contributed by atoms with E-state index in [9.17, 15) is 8.42 Å². The maximum atomic E-state index is 11.5. The van der Waals surface area contributed by atoms with Crippen molar-refractivity contribution in [1.82, 2.24) is 0 Å². The molecular formula is C17H22N2O3S. The van der Waals surface area contributed by atoms with Crippen LogP contribution in [0.2, 0.25) is 0 Å². The van der Waals surface area contributed by atoms with Gasteiger partial charge in [0.15, 0.2) is 0 Å². The van der Waals surface area contributed by atoms with Crippen molar-refractivity contribution in [3.05, 3.63) is 54.1 Å². The highest BCUT2D eigenvalue weighted by Gasteiger charge is 2.12. The minimum Gasteiger partial charge on any atom is -0.495 e. The van der Waals surface area contributed by atoms with Crippen molar-refractivity contribution >= 4 is 21.4 Å². The molecular weight excluding hydrogens is 312 g/mol. The van der Waals surface area contributed by atoms with Crippen molar-refractivity contribution in [2.45, 2.75) is 19.4 Å². The van der Waals surface area contributed by atoms with E-state index in [1.54, 1.807) is 12.1 Å². The van der Waals surface area contributed by atoms with Gasteiger partial charge in [0.25, 0.3) is 0 Å². The van der Waals surface area contributed by atoms with Crippen molar-refractivity contribution in [1.29, 1.82) is 0 Å². The highest BCUT2D eigenvalue weighted by Crippen LogP contribution is 2.31. The summed E-state index contributed by atoms with van der Waals surface area (Å²) in [5, 5.41) is 3.43. The second-order valence-corrected chi connectivity index (χ2v) is 7.05. The molecule has 0 spiro atoms. The highest BCUT2D eigenvalue weighted by molar-refractivity contribution is 7.92. The zero-order valence-electron chi connectivity index (χ0n) is 13.5. The highest BCUT2D eigenvalue weighted by atomic mass is 32.2. The Morgan fingerprint density at radius 3 is 2.39 bits per heavy atom. The third-order valence-corrected chi connectivity index (χ3v) is 4.04. The number of hydrogen-bond donors (Lipinski definition) is 2. The van der Waals surface area contributed by atoms with E-state index in [4.69, 9.17) is 4.74 Å². The van der Waals surface area contributed by atoms with Crippen molar-refractivity contribution in [2.24, 2.45) is 0 Å². The summed E-state index contributed by atoms with van der Waals surface area (Å²) < 4.78 is 30.7. The van der Waals surface area contributed by atoms with E-state index >= 15 is 0 Å². The van der Waals surface area contributed by atoms with Gasteiger partial charge in [0.05, 0.1) is 25.1 Å². The number of nitrogens with one attached hydrogen (secondary N) is 2. The lowest BCUT2D eigenvalue weighted by molar-refractivity contribution is 0.417. The van der Waals surface area contributed by atoms with Gasteiger partial charge in [-0.3, -0.25) is 4.72 Å². The molecule has 0 saturated heterocycles. The van der Waals surface area contributed by atoms with Crippen LogP contribution in [0.15, 0.2) is 48.5 Å². The number of ether oxygens (including phenoxy) is 1. The van der Waals surface area contributed by atoms with Crippen LogP contribution in [-0.2, 0) is 10.0 Å². The normalized spacial score (nSPS) is 12.5. The molecule has 23 heavy (non-hydrogen) atoms. The van der Waals surface area contributed by atoms with E-state index in [0.29, 0.717) is 11.4 Å². The smallest absolute Gasteiger partial charge is 0.229 e. The molecule has 1 atom stereocenters. The Balaban J connectivity index is 2.27. The standard InChI is InChI=1S/C17H22N2O3S/c1-4-15(13-8-6-5-7-9-13)18-14-10-11-17(22-2)16(12-14)19-23(3,20)21/h5-12,15,18-19H,4H2,1-3H3/t15-/m1/s1. The summed E-state index contributed by atoms with van der Waals surface area (Å²) in [7, 11) is -1.86. The zero-order valence-corrected chi connectivity index (χ0v) is 14.4. The van der Waals surface area contributed by atoms with Gasteiger partial charge in [-0.15, -0.1) is 0 Å². The fourth-order valence-electron chi connectivity index (χ4n) is 2.38. The van der Waals surface area contributed by atoms with Crippen LogP contribution in [-0.4, -0.2) is 21.8 Å². The van der Waals surface area contributed by atoms with Gasteiger partial charge in [-0.1, -0.05) is 37.3 Å². The Labute approximate surface area is 137 Å². The SMILES string of the molecule is CC[C@@H](Nc1ccc(OC)c(NS(C)(=O)=O)c1)c1ccccc1. The van der Waals surface area contributed by atoms with Gasteiger partial charge in [0.2, 0.25) is 10.0 Å². The Bertz CT molecular complexity index is 746. The van der Waals surface area contributed by atoms with Gasteiger partial charge in [-0.2, -0.15) is 0 Å². The molecule has 0 aliphatic heterocycles. The van der Waals surface area contributed by atoms with Gasteiger partial charge in [0.1, 0.15) is 5.75 Å². The minimum absolute atomic E-state index is 0.149. The molecule has 124 valence electrons. The summed E-state index contributed by atoms with van der Waals surface area (Å²) in [6.45, 7) is 2.10. The fraction of sp³-hybridized carbons (Fsp3) is 0.294. The van der Waals surface area contributed by atoms with Crippen LogP contribution in [0.5, 0.6) is 5.75 Å². The van der Waals surface area contributed by atoms with Crippen LogP contribution < -0.4 is 14.8 Å². The van der Waals surface area contributed by atoms with Crippen molar-refractivity contribution < 1.29 is 13.2 Å². The first kappa shape index (κ1) is 17.1. The van der Waals surface area contributed by atoms with Crippen LogP contribution in [0.3, 0.4) is 0 Å². The molecule has 0 unspecified atom stereocenters. The molecule has 2 rings (SSSR count). The Morgan fingerprint density at radius 1 is 1.13 bits per heavy atom. The van der Waals surface area contributed by atoms with E-state index in [-0.39, 0.29) is 6.04 Å². The topological polar surface area (TPSA) is 67.4 Å². The first-order chi connectivity index (χ1) is 10.9. The molecule has 5 nitrogen and oxygen atoms in total. The summed E-state index contributed by atoms with van der Waals surface area (Å²) in [6, 6.07) is 15.6. The molecule has 0 saturated carbocycles. The Kier molecular flexibility index (Phi) is 5.50. The van der Waals surface area contributed by atoms with Crippen LogP contribution in [0.25, 0.3) is 0 Å². The fourth-order valence-corrected chi connectivity index (χ4v) is 2.94. The average molecular weight is 334 g/mol. The summed E-state index contributed by atoms with van der Waals surface area (Å²) in [4.78, 5) is 0. The quantitative estimate of drug-likeness (QED) is 0.811. The van der Waals surface area contributed by atoms with Crippen LogP contribution in [0, 0.1) is 0 Å². The molecule has 0 amide bonds. The van der Waals surface area contributed by atoms with Gasteiger partial charge in [0, 0.05) is 5.69 Å². The molecule has 0 heterocycles. The minimum atomic E-state index is -3.37. The first-order valence-electron chi connectivity index (χ1n) is 7.40. The van der Waals surface area contributed by atoms with Crippen molar-refractivity contribution in [2.75, 3.05) is 23.4 Å². The molecule has 0 bridgehead atoms. The van der Waals surface area contributed by atoms with Crippen LogP contribution in [0.4, 0.5) is 11.4 Å². The molecule has 0 aliphatic carbocycles. The van der Waals surface area contributed by atoms with Crippen LogP contribution >= 0.6 is 0 Å². The lowest BCUT2D eigenvalue weighted by atomic mass is 10.0. The predicted molar refractivity (Wildman–Crippen MR) is 94.6 cm³/mol. The number of rotatable bonds is 7. The largest absolute Gasteiger partial charge is 0.495 e. The molecule has 0 aliphatic rings. The maximum absolute atomic E-state index is 11.5. The molecule has 2 aromatic rings. The maximum Gasteiger partial charge on any atom is 0.229 e. The molecule has 0 fully saturated rings. The number of hydrogen-bond acceptors (Lipinski definition) is 4. The monoisotopic (exact) mass is 334 g/mol. The van der Waals surface area contributed by atoms with E-state index < -0.39 is 10.0 Å². The summed E-state index contributed by atoms with van der Waals surface area (Å²) in [5.74, 6) is 0.480. The van der Waals surface area contributed by atoms with Gasteiger partial charge >= 0.3 is 0 Å². The molecule has 6 heteroatoms. The lowest BCUT2D eigenvalue weighted by Gasteiger charge is -2.20. The number of anilines is 2. The van der Waals surface area contributed by atoms with Gasteiger partial charge in [-0.05, 0) is 30.2 Å². The predicted octanol–water partition coefficient (Wildman–Crippen LogP) is 3.63. The molecule has 2 aromatic carbocycles. The zero-order chi connectivity index (χ0) is 16.9. The summed E-state index contributed by atoms with van der Waals surface area (Å²) in [5.41, 5.74) is 2.43. The average Bonchev–Trinajstić information content (AvgIpc) is 2.52. The molecule has 0 radical (unpaired) electrons. The van der Waals surface area contributed by atoms with Crippen molar-refractivity contribution in [3.63, 3.8) is 0 Å². The van der Waals surface area contributed by atoms with Gasteiger partial charge in [-0.25, -0.2) is 8.42 Å². The van der Waals surface area contributed by atoms with E-state index in [1.165, 1.54) is 12.7 Å². The molecule has 0 aromatic heterocycles. The second kappa shape index (κ2) is 7.37. The number of sulfonamides is 1. The summed E-state index contributed by atoms with van der Waals surface area (Å²) in [6.07, 6.45) is 2.02. The molecule has 2 N–H and O–H groups in total. The number of benzene rings is 2. The first-order valence-corrected chi connectivity index (χ1v) is 9.29. The van der Waals surface area contributed by atoms with E-state index in [1.807, 2.05) is 24.3 Å². The Morgan fingerprint density at radius 2 is 1.83 bits per heavy atom. The number of methoxy groups -OCH3 is 1. The third kappa shape index (κ3) is 4.89. The Hall–Kier alpha value is -2.21. The van der Waals surface area contributed by atoms with Crippen LogP contribution in [0.1, 0.15) is 24.9 Å². The third-order valence-electron chi connectivity index (χ3n) is 3.45. The lowest BCUT2D eigenvalue weighted by Crippen LogP contribution is -2.12.